The summed E-state index contributed by atoms with van der Waals surface area (Å²) in [6.07, 6.45) is 2.52. The van der Waals surface area contributed by atoms with Gasteiger partial charge in [0.15, 0.2) is 0 Å². The summed E-state index contributed by atoms with van der Waals surface area (Å²) in [5.41, 5.74) is -0.201. The van der Waals surface area contributed by atoms with Crippen LogP contribution in [0.1, 0.15) is 40.5 Å². The Balaban J connectivity index is 2.40. The molecular weight excluding hydrogens is 250 g/mol. The molecule has 0 aromatic rings. The molecule has 1 aliphatic rings. The first-order chi connectivity index (χ1) is 9.28. The zero-order valence-corrected chi connectivity index (χ0v) is 14.2. The molecule has 0 spiro atoms. The van der Waals surface area contributed by atoms with Crippen LogP contribution in [0, 0.1) is 5.41 Å². The quantitative estimate of drug-likeness (QED) is 0.707. The largest absolute Gasteiger partial charge is 0.389 e. The number of β-amino-alcohol motifs (C(OH)–C–C–N with tert-alkyl or cyclic N) is 1. The first-order valence-electron chi connectivity index (χ1n) is 8.10. The van der Waals surface area contributed by atoms with E-state index in [2.05, 4.69) is 36.0 Å². The first kappa shape index (κ1) is 17.9. The van der Waals surface area contributed by atoms with Gasteiger partial charge in [-0.15, -0.1) is 0 Å². The van der Waals surface area contributed by atoms with E-state index in [0.717, 1.165) is 39.3 Å². The number of nitrogens with one attached hydrogen (secondary N) is 1. The maximum absolute atomic E-state index is 9.90. The van der Waals surface area contributed by atoms with Crippen molar-refractivity contribution in [2.75, 3.05) is 52.9 Å². The Hall–Kier alpha value is -0.160. The molecule has 120 valence electrons. The lowest BCUT2D eigenvalue weighted by molar-refractivity contribution is 0.0111. The van der Waals surface area contributed by atoms with Gasteiger partial charge in [-0.25, -0.2) is 0 Å². The molecule has 2 N–H and O–H groups in total. The van der Waals surface area contributed by atoms with Gasteiger partial charge in [0.25, 0.3) is 0 Å². The van der Waals surface area contributed by atoms with E-state index in [1.54, 1.807) is 0 Å². The van der Waals surface area contributed by atoms with Crippen molar-refractivity contribution in [1.82, 2.24) is 15.1 Å². The lowest BCUT2D eigenvalue weighted by Gasteiger charge is -2.41. The van der Waals surface area contributed by atoms with E-state index in [0.29, 0.717) is 5.41 Å². The van der Waals surface area contributed by atoms with E-state index in [1.165, 1.54) is 19.4 Å². The molecule has 0 aromatic heterocycles. The zero-order valence-electron chi connectivity index (χ0n) is 14.2. The second kappa shape index (κ2) is 7.74. The van der Waals surface area contributed by atoms with Gasteiger partial charge >= 0.3 is 0 Å². The number of aliphatic hydroxyl groups is 1. The Kier molecular flexibility index (Phi) is 6.92. The number of hydrogen-bond donors (Lipinski definition) is 2. The van der Waals surface area contributed by atoms with Crippen molar-refractivity contribution >= 4 is 0 Å². The predicted molar refractivity (Wildman–Crippen MR) is 86.1 cm³/mol. The highest BCUT2D eigenvalue weighted by atomic mass is 16.3. The molecule has 0 aliphatic carbocycles. The highest BCUT2D eigenvalue weighted by molar-refractivity contribution is 4.84. The summed E-state index contributed by atoms with van der Waals surface area (Å²) < 4.78 is 0. The minimum Gasteiger partial charge on any atom is -0.389 e. The van der Waals surface area contributed by atoms with Gasteiger partial charge in [0.2, 0.25) is 0 Å². The number of piperazine rings is 1. The summed E-state index contributed by atoms with van der Waals surface area (Å²) in [7, 11) is 2.05. The molecule has 1 fully saturated rings. The molecule has 0 saturated carbocycles. The monoisotopic (exact) mass is 285 g/mol. The first-order valence-corrected chi connectivity index (χ1v) is 8.10. The number of hydrogen-bond acceptors (Lipinski definition) is 4. The van der Waals surface area contributed by atoms with Crippen LogP contribution in [0.3, 0.4) is 0 Å². The predicted octanol–water partition coefficient (Wildman–Crippen LogP) is 1.40. The van der Waals surface area contributed by atoms with E-state index in [-0.39, 0.29) is 0 Å². The molecule has 1 atom stereocenters. The molecule has 1 aliphatic heterocycles. The average molecular weight is 285 g/mol. The Morgan fingerprint density at radius 1 is 1.00 bits per heavy atom. The van der Waals surface area contributed by atoms with Gasteiger partial charge in [-0.2, -0.15) is 0 Å². The van der Waals surface area contributed by atoms with Crippen molar-refractivity contribution in [3.05, 3.63) is 0 Å². The minimum absolute atomic E-state index is 0.377. The van der Waals surface area contributed by atoms with Gasteiger partial charge in [0.1, 0.15) is 0 Å². The van der Waals surface area contributed by atoms with E-state index in [4.69, 9.17) is 0 Å². The van der Waals surface area contributed by atoms with E-state index < -0.39 is 5.60 Å². The molecule has 4 heteroatoms. The summed E-state index contributed by atoms with van der Waals surface area (Å²) in [4.78, 5) is 4.97. The van der Waals surface area contributed by atoms with Crippen LogP contribution in [0.15, 0.2) is 0 Å². The number of nitrogens with zero attached hydrogens (tertiary/aromatic N) is 2. The molecule has 1 unspecified atom stereocenters. The lowest BCUT2D eigenvalue weighted by atomic mass is 9.84. The molecule has 0 aromatic carbocycles. The van der Waals surface area contributed by atoms with Crippen molar-refractivity contribution in [2.45, 2.75) is 46.1 Å². The highest BCUT2D eigenvalue weighted by Gasteiger charge is 2.28. The maximum Gasteiger partial charge on any atom is 0.0718 e. The minimum atomic E-state index is -0.578. The van der Waals surface area contributed by atoms with Crippen molar-refractivity contribution < 1.29 is 5.11 Å². The van der Waals surface area contributed by atoms with E-state index in [9.17, 15) is 5.11 Å². The van der Waals surface area contributed by atoms with Crippen LogP contribution in [0.4, 0.5) is 0 Å². The fraction of sp³-hybridized carbons (Fsp3) is 1.00. The molecule has 1 heterocycles. The van der Waals surface area contributed by atoms with Gasteiger partial charge in [0.05, 0.1) is 5.60 Å². The van der Waals surface area contributed by atoms with Gasteiger partial charge in [0, 0.05) is 45.8 Å². The van der Waals surface area contributed by atoms with Gasteiger partial charge in [-0.3, -0.25) is 4.90 Å². The fourth-order valence-corrected chi connectivity index (χ4v) is 3.45. The van der Waals surface area contributed by atoms with Crippen molar-refractivity contribution in [2.24, 2.45) is 5.41 Å². The second-order valence-corrected chi connectivity index (χ2v) is 7.46. The van der Waals surface area contributed by atoms with Gasteiger partial charge < -0.3 is 15.3 Å². The van der Waals surface area contributed by atoms with Crippen LogP contribution in [0.2, 0.25) is 0 Å². The normalized spacial score (nSPS) is 21.9. The molecule has 0 bridgehead atoms. The summed E-state index contributed by atoms with van der Waals surface area (Å²) in [6, 6.07) is 0. The molecular formula is C16H35N3O. The molecule has 0 radical (unpaired) electrons. The summed E-state index contributed by atoms with van der Waals surface area (Å²) >= 11 is 0. The lowest BCUT2D eigenvalue weighted by Crippen LogP contribution is -2.53. The molecule has 1 saturated heterocycles. The van der Waals surface area contributed by atoms with Crippen LogP contribution in [-0.4, -0.2) is 73.4 Å². The molecule has 20 heavy (non-hydrogen) atoms. The topological polar surface area (TPSA) is 38.7 Å². The van der Waals surface area contributed by atoms with Crippen LogP contribution in [0.5, 0.6) is 0 Å². The average Bonchev–Trinajstić information content (AvgIpc) is 2.30. The van der Waals surface area contributed by atoms with Crippen molar-refractivity contribution in [1.29, 1.82) is 0 Å². The van der Waals surface area contributed by atoms with Crippen LogP contribution < -0.4 is 5.32 Å². The Morgan fingerprint density at radius 3 is 1.90 bits per heavy atom. The van der Waals surface area contributed by atoms with E-state index in [1.807, 2.05) is 13.8 Å². The molecule has 1 rings (SSSR count). The smallest absolute Gasteiger partial charge is 0.0718 e. The third-order valence-corrected chi connectivity index (χ3v) is 4.14. The van der Waals surface area contributed by atoms with Crippen LogP contribution in [-0.2, 0) is 0 Å². The van der Waals surface area contributed by atoms with Gasteiger partial charge in [-0.1, -0.05) is 20.3 Å². The Labute approximate surface area is 125 Å². The van der Waals surface area contributed by atoms with Gasteiger partial charge in [-0.05, 0) is 32.7 Å². The molecule has 0 amide bonds. The summed E-state index contributed by atoms with van der Waals surface area (Å²) in [5.74, 6) is 0. The Bertz CT molecular complexity index is 261. The fourth-order valence-electron chi connectivity index (χ4n) is 3.45. The summed E-state index contributed by atoms with van der Waals surface area (Å²) in [5, 5.41) is 13.3. The third kappa shape index (κ3) is 6.53. The third-order valence-electron chi connectivity index (χ3n) is 4.14. The van der Waals surface area contributed by atoms with Crippen molar-refractivity contribution in [3.63, 3.8) is 0 Å². The SMILES string of the molecule is CCCC(C)(CNC)CN1CCN(CC(C)(C)O)CC1. The Morgan fingerprint density at radius 2 is 1.50 bits per heavy atom. The second-order valence-electron chi connectivity index (χ2n) is 7.46. The van der Waals surface area contributed by atoms with Crippen LogP contribution >= 0.6 is 0 Å². The summed E-state index contributed by atoms with van der Waals surface area (Å²) in [6.45, 7) is 15.9. The number of rotatable bonds is 8. The van der Waals surface area contributed by atoms with E-state index >= 15 is 0 Å². The highest BCUT2D eigenvalue weighted by Crippen LogP contribution is 2.24. The molecule has 4 nitrogen and oxygen atoms in total. The standard InChI is InChI=1S/C16H35N3O/c1-6-7-16(4,12-17-5)14-19-10-8-18(9-11-19)13-15(2,3)20/h17,20H,6-14H2,1-5H3. The zero-order chi connectivity index (χ0) is 15.2. The maximum atomic E-state index is 9.90. The van der Waals surface area contributed by atoms with Crippen molar-refractivity contribution in [3.8, 4) is 0 Å². The van der Waals surface area contributed by atoms with Crippen LogP contribution in [0.25, 0.3) is 0 Å².